The lowest BCUT2D eigenvalue weighted by Crippen LogP contribution is -2.63. The topological polar surface area (TPSA) is 59.0 Å². The predicted molar refractivity (Wildman–Crippen MR) is 89.6 cm³/mol. The SMILES string of the molecule is COc1ccc2c(c1O)[C@]13CCN(C)[C@@H](C2)[C@@H]1CC(OC)C(=O)C3. The van der Waals surface area contributed by atoms with Crippen molar-refractivity contribution < 1.29 is 19.4 Å². The molecule has 1 aromatic rings. The van der Waals surface area contributed by atoms with Gasteiger partial charge in [-0.1, -0.05) is 6.07 Å². The molecule has 130 valence electrons. The second kappa shape index (κ2) is 5.46. The Morgan fingerprint density at radius 3 is 2.83 bits per heavy atom. The Labute approximate surface area is 142 Å². The molecule has 5 nitrogen and oxygen atoms in total. The first-order chi connectivity index (χ1) is 11.5. The normalized spacial score (nSPS) is 35.3. The van der Waals surface area contributed by atoms with Crippen molar-refractivity contribution in [3.63, 3.8) is 0 Å². The van der Waals surface area contributed by atoms with Crippen molar-refractivity contribution in [1.82, 2.24) is 4.90 Å². The molecular weight excluding hydrogens is 306 g/mol. The number of hydrogen-bond donors (Lipinski definition) is 1. The number of benzene rings is 1. The lowest BCUT2D eigenvalue weighted by molar-refractivity contribution is -0.141. The van der Waals surface area contributed by atoms with Crippen LogP contribution in [0.3, 0.4) is 0 Å². The summed E-state index contributed by atoms with van der Waals surface area (Å²) in [5.41, 5.74) is 1.83. The van der Waals surface area contributed by atoms with Crippen molar-refractivity contribution >= 4 is 5.78 Å². The number of likely N-dealkylation sites (tertiary alicyclic amines) is 1. The van der Waals surface area contributed by atoms with E-state index < -0.39 is 0 Å². The zero-order valence-electron chi connectivity index (χ0n) is 14.5. The average molecular weight is 331 g/mol. The Morgan fingerprint density at radius 2 is 2.12 bits per heavy atom. The van der Waals surface area contributed by atoms with Crippen LogP contribution in [0.15, 0.2) is 12.1 Å². The van der Waals surface area contributed by atoms with Gasteiger partial charge in [0.15, 0.2) is 17.3 Å². The van der Waals surface area contributed by atoms with Crippen molar-refractivity contribution in [2.45, 2.75) is 43.2 Å². The molecule has 1 unspecified atom stereocenters. The summed E-state index contributed by atoms with van der Waals surface area (Å²) in [5.74, 6) is 1.21. The van der Waals surface area contributed by atoms with E-state index in [1.807, 2.05) is 6.07 Å². The molecule has 4 atom stereocenters. The van der Waals surface area contributed by atoms with E-state index in [9.17, 15) is 9.90 Å². The Hall–Kier alpha value is -1.59. The van der Waals surface area contributed by atoms with Gasteiger partial charge in [-0.3, -0.25) is 4.79 Å². The molecule has 2 fully saturated rings. The van der Waals surface area contributed by atoms with Crippen LogP contribution >= 0.6 is 0 Å². The minimum absolute atomic E-state index is 0.159. The highest BCUT2D eigenvalue weighted by molar-refractivity contribution is 5.86. The highest BCUT2D eigenvalue weighted by atomic mass is 16.5. The number of aromatic hydroxyl groups is 1. The predicted octanol–water partition coefficient (Wildman–Crippen LogP) is 1.89. The molecule has 0 amide bonds. The van der Waals surface area contributed by atoms with Crippen molar-refractivity contribution in [3.8, 4) is 11.5 Å². The maximum absolute atomic E-state index is 12.7. The van der Waals surface area contributed by atoms with E-state index in [0.29, 0.717) is 24.1 Å². The zero-order valence-corrected chi connectivity index (χ0v) is 14.5. The monoisotopic (exact) mass is 331 g/mol. The van der Waals surface area contributed by atoms with Crippen molar-refractivity contribution in [3.05, 3.63) is 23.3 Å². The van der Waals surface area contributed by atoms with Crippen molar-refractivity contribution in [1.29, 1.82) is 0 Å². The zero-order chi connectivity index (χ0) is 17.1. The molecule has 1 N–H and O–H groups in total. The number of methoxy groups -OCH3 is 2. The third-order valence-corrected chi connectivity index (χ3v) is 6.63. The number of phenolic OH excluding ortho intramolecular Hbond substituents is 1. The van der Waals surface area contributed by atoms with Gasteiger partial charge in [-0.15, -0.1) is 0 Å². The molecule has 5 heteroatoms. The minimum Gasteiger partial charge on any atom is -0.504 e. The fraction of sp³-hybridized carbons (Fsp3) is 0.632. The van der Waals surface area contributed by atoms with Crippen LogP contribution in [-0.2, 0) is 21.4 Å². The fourth-order valence-electron chi connectivity index (χ4n) is 5.45. The summed E-state index contributed by atoms with van der Waals surface area (Å²) in [6.07, 6.45) is 2.67. The average Bonchev–Trinajstić information content (AvgIpc) is 2.57. The van der Waals surface area contributed by atoms with Crippen LogP contribution in [0.25, 0.3) is 0 Å². The van der Waals surface area contributed by atoms with Gasteiger partial charge in [-0.25, -0.2) is 0 Å². The molecule has 1 aromatic carbocycles. The highest BCUT2D eigenvalue weighted by Gasteiger charge is 2.58. The molecule has 0 radical (unpaired) electrons. The van der Waals surface area contributed by atoms with E-state index in [2.05, 4.69) is 18.0 Å². The van der Waals surface area contributed by atoms with Crippen LogP contribution in [-0.4, -0.2) is 55.7 Å². The maximum atomic E-state index is 12.7. The van der Waals surface area contributed by atoms with Gasteiger partial charge in [-0.05, 0) is 50.4 Å². The summed E-state index contributed by atoms with van der Waals surface area (Å²) >= 11 is 0. The van der Waals surface area contributed by atoms with Gasteiger partial charge in [0, 0.05) is 30.6 Å². The second-order valence-electron chi connectivity index (χ2n) is 7.52. The number of rotatable bonds is 2. The van der Waals surface area contributed by atoms with E-state index in [1.165, 1.54) is 0 Å². The van der Waals surface area contributed by atoms with Crippen molar-refractivity contribution in [2.24, 2.45) is 5.92 Å². The van der Waals surface area contributed by atoms with Crippen LogP contribution in [0.5, 0.6) is 11.5 Å². The molecule has 2 aliphatic carbocycles. The maximum Gasteiger partial charge on any atom is 0.162 e. The van der Waals surface area contributed by atoms with Gasteiger partial charge >= 0.3 is 0 Å². The summed E-state index contributed by atoms with van der Waals surface area (Å²) in [7, 11) is 5.36. The smallest absolute Gasteiger partial charge is 0.162 e. The Bertz CT molecular complexity index is 688. The van der Waals surface area contributed by atoms with E-state index in [1.54, 1.807) is 14.2 Å². The number of nitrogens with zero attached hydrogens (tertiary/aromatic N) is 1. The van der Waals surface area contributed by atoms with Crippen LogP contribution in [0.2, 0.25) is 0 Å². The molecule has 0 aromatic heterocycles. The second-order valence-corrected chi connectivity index (χ2v) is 7.52. The van der Waals surface area contributed by atoms with Crippen molar-refractivity contribution in [2.75, 3.05) is 27.8 Å². The Balaban J connectivity index is 1.91. The molecule has 4 rings (SSSR count). The van der Waals surface area contributed by atoms with Gasteiger partial charge < -0.3 is 19.5 Å². The van der Waals surface area contributed by atoms with Crippen LogP contribution in [0.1, 0.15) is 30.4 Å². The first-order valence-corrected chi connectivity index (χ1v) is 8.67. The van der Waals surface area contributed by atoms with E-state index in [4.69, 9.17) is 9.47 Å². The third-order valence-electron chi connectivity index (χ3n) is 6.63. The van der Waals surface area contributed by atoms with Crippen LogP contribution < -0.4 is 4.74 Å². The summed E-state index contributed by atoms with van der Waals surface area (Å²) < 4.78 is 10.8. The highest BCUT2D eigenvalue weighted by Crippen LogP contribution is 2.58. The van der Waals surface area contributed by atoms with Gasteiger partial charge in [-0.2, -0.15) is 0 Å². The van der Waals surface area contributed by atoms with Gasteiger partial charge in [0.05, 0.1) is 7.11 Å². The molecule has 3 aliphatic rings. The lowest BCUT2D eigenvalue weighted by atomic mass is 9.51. The van der Waals surface area contributed by atoms with Gasteiger partial charge in [0.2, 0.25) is 0 Å². The number of piperidine rings is 1. The summed E-state index contributed by atoms with van der Waals surface area (Å²) in [5, 5.41) is 10.9. The van der Waals surface area contributed by atoms with Crippen LogP contribution in [0, 0.1) is 5.92 Å². The molecule has 0 spiro atoms. The standard InChI is InChI=1S/C19H25NO4/c1-20-7-6-19-10-14(21)16(24-3)9-12(19)13(20)8-11-4-5-15(23-2)18(22)17(11)19/h4-5,12-13,16,22H,6-10H2,1-3H3/t12-,13-,16?,19-/m0/s1. The Morgan fingerprint density at radius 1 is 1.33 bits per heavy atom. The van der Waals surface area contributed by atoms with E-state index >= 15 is 0 Å². The molecule has 2 bridgehead atoms. The van der Waals surface area contributed by atoms with E-state index in [-0.39, 0.29) is 23.1 Å². The number of carbonyl (C=O) groups is 1. The minimum atomic E-state index is -0.313. The molecule has 1 heterocycles. The molecule has 1 saturated carbocycles. The lowest BCUT2D eigenvalue weighted by Gasteiger charge is -2.58. The number of ketones is 1. The summed E-state index contributed by atoms with van der Waals surface area (Å²) in [6.45, 7) is 0.947. The summed E-state index contributed by atoms with van der Waals surface area (Å²) in [4.78, 5) is 15.1. The largest absolute Gasteiger partial charge is 0.504 e. The van der Waals surface area contributed by atoms with Gasteiger partial charge in [0.1, 0.15) is 6.10 Å². The van der Waals surface area contributed by atoms with Gasteiger partial charge in [0.25, 0.3) is 0 Å². The fourth-order valence-corrected chi connectivity index (χ4v) is 5.45. The number of phenols is 1. The first-order valence-electron chi connectivity index (χ1n) is 8.67. The first kappa shape index (κ1) is 15.9. The third kappa shape index (κ3) is 1.97. The molecule has 24 heavy (non-hydrogen) atoms. The number of ether oxygens (including phenoxy) is 2. The number of fused-ring (bicyclic) bond motifs is 1. The van der Waals surface area contributed by atoms with E-state index in [0.717, 1.165) is 36.9 Å². The number of carbonyl (C=O) groups excluding carboxylic acids is 1. The van der Waals surface area contributed by atoms with Crippen LogP contribution in [0.4, 0.5) is 0 Å². The Kier molecular flexibility index (Phi) is 3.62. The number of hydrogen-bond acceptors (Lipinski definition) is 5. The molecule has 1 saturated heterocycles. The molecular formula is C19H25NO4. The number of likely N-dealkylation sites (N-methyl/N-ethyl adjacent to an activating group) is 1. The molecule has 1 aliphatic heterocycles. The quantitative estimate of drug-likeness (QED) is 0.897. The number of Topliss-reactive ketones (excluding diaryl/α,β-unsaturated/α-hetero) is 1. The summed E-state index contributed by atoms with van der Waals surface area (Å²) in [6, 6.07) is 4.29.